The van der Waals surface area contributed by atoms with E-state index >= 15 is 0 Å². The van der Waals surface area contributed by atoms with Crippen LogP contribution >= 0.6 is 11.6 Å². The highest BCUT2D eigenvalue weighted by molar-refractivity contribution is 6.33. The van der Waals surface area contributed by atoms with E-state index in [0.717, 1.165) is 48.9 Å². The maximum absolute atomic E-state index is 12.7. The molecule has 1 amide bonds. The van der Waals surface area contributed by atoms with Gasteiger partial charge in [-0.2, -0.15) is 13.2 Å². The molecule has 0 aliphatic carbocycles. The van der Waals surface area contributed by atoms with Gasteiger partial charge in [-0.1, -0.05) is 11.6 Å². The quantitative estimate of drug-likeness (QED) is 0.875. The molecule has 0 bridgehead atoms. The number of hydrogen-bond acceptors (Lipinski definition) is 1. The first-order chi connectivity index (χ1) is 10.3. The number of anilines is 1. The first kappa shape index (κ1) is 17.1. The Morgan fingerprint density at radius 2 is 2.14 bits per heavy atom. The fourth-order valence-electron chi connectivity index (χ4n) is 2.71. The number of rotatable bonds is 3. The standard InChI is InChI=1S/C15H18ClF3N2O/c1-10-4-2-3-7-21(10)9-14(22)20-13-8-11(15(17,18)19)5-6-12(13)16/h5-6,8,10H,2-4,7,9H2,1H3,(H,20,22)/p+1/t10-/m1/s1. The molecule has 1 heterocycles. The van der Waals surface area contributed by atoms with Crippen molar-refractivity contribution < 1.29 is 22.9 Å². The Morgan fingerprint density at radius 3 is 2.77 bits per heavy atom. The smallest absolute Gasteiger partial charge is 0.325 e. The van der Waals surface area contributed by atoms with Crippen LogP contribution in [0.3, 0.4) is 0 Å². The lowest BCUT2D eigenvalue weighted by Crippen LogP contribution is -3.17. The molecule has 1 aromatic carbocycles. The van der Waals surface area contributed by atoms with Crippen LogP contribution in [0.5, 0.6) is 0 Å². The molecule has 3 nitrogen and oxygen atoms in total. The summed E-state index contributed by atoms with van der Waals surface area (Å²) in [4.78, 5) is 13.2. The summed E-state index contributed by atoms with van der Waals surface area (Å²) in [6.07, 6.45) is -1.17. The average molecular weight is 336 g/mol. The van der Waals surface area contributed by atoms with E-state index in [4.69, 9.17) is 11.6 Å². The summed E-state index contributed by atoms with van der Waals surface area (Å²) in [7, 11) is 0. The number of halogens is 4. The molecule has 1 aliphatic heterocycles. The fraction of sp³-hybridized carbons (Fsp3) is 0.533. The Bertz CT molecular complexity index is 548. The van der Waals surface area contributed by atoms with Crippen molar-refractivity contribution in [3.05, 3.63) is 28.8 Å². The van der Waals surface area contributed by atoms with Crippen molar-refractivity contribution >= 4 is 23.2 Å². The summed E-state index contributed by atoms with van der Waals surface area (Å²) >= 11 is 5.87. The largest absolute Gasteiger partial charge is 0.416 e. The topological polar surface area (TPSA) is 33.5 Å². The van der Waals surface area contributed by atoms with Gasteiger partial charge < -0.3 is 10.2 Å². The van der Waals surface area contributed by atoms with Gasteiger partial charge in [-0.3, -0.25) is 4.79 Å². The van der Waals surface area contributed by atoms with E-state index in [1.165, 1.54) is 0 Å². The highest BCUT2D eigenvalue weighted by Gasteiger charge is 2.31. The number of carbonyl (C=O) groups excluding carboxylic acids is 1. The zero-order valence-electron chi connectivity index (χ0n) is 12.3. The van der Waals surface area contributed by atoms with Crippen LogP contribution in [-0.4, -0.2) is 25.0 Å². The Hall–Kier alpha value is -1.27. The van der Waals surface area contributed by atoms with E-state index in [-0.39, 0.29) is 23.2 Å². The van der Waals surface area contributed by atoms with Gasteiger partial charge in [0.05, 0.1) is 28.9 Å². The first-order valence-corrected chi connectivity index (χ1v) is 7.66. The molecule has 1 saturated heterocycles. The predicted molar refractivity (Wildman–Crippen MR) is 79.1 cm³/mol. The minimum absolute atomic E-state index is 0.00514. The van der Waals surface area contributed by atoms with Gasteiger partial charge >= 0.3 is 6.18 Å². The second kappa shape index (κ2) is 6.87. The number of amides is 1. The van der Waals surface area contributed by atoms with E-state index in [0.29, 0.717) is 6.04 Å². The molecular formula is C15H19ClF3N2O+. The Kier molecular flexibility index (Phi) is 5.34. The lowest BCUT2D eigenvalue weighted by atomic mass is 10.0. The molecule has 7 heteroatoms. The number of carbonyl (C=O) groups is 1. The van der Waals surface area contributed by atoms with Crippen molar-refractivity contribution in [3.63, 3.8) is 0 Å². The lowest BCUT2D eigenvalue weighted by molar-refractivity contribution is -0.920. The maximum atomic E-state index is 12.7. The van der Waals surface area contributed by atoms with Crippen LogP contribution in [0.25, 0.3) is 0 Å². The van der Waals surface area contributed by atoms with Crippen LogP contribution in [0.4, 0.5) is 18.9 Å². The number of quaternary nitrogens is 1. The third-order valence-corrected chi connectivity index (χ3v) is 4.37. The van der Waals surface area contributed by atoms with Gasteiger partial charge in [0.15, 0.2) is 6.54 Å². The molecule has 0 saturated carbocycles. The highest BCUT2D eigenvalue weighted by atomic mass is 35.5. The molecule has 2 atom stereocenters. The molecule has 0 radical (unpaired) electrons. The molecule has 1 aromatic rings. The fourth-order valence-corrected chi connectivity index (χ4v) is 2.88. The maximum Gasteiger partial charge on any atom is 0.416 e. The van der Waals surface area contributed by atoms with E-state index in [1.54, 1.807) is 0 Å². The number of hydrogen-bond donors (Lipinski definition) is 2. The third-order valence-electron chi connectivity index (χ3n) is 4.04. The average Bonchev–Trinajstić information content (AvgIpc) is 2.42. The molecule has 2 rings (SSSR count). The van der Waals surface area contributed by atoms with Crippen molar-refractivity contribution in [2.24, 2.45) is 0 Å². The van der Waals surface area contributed by atoms with Crippen molar-refractivity contribution in [2.45, 2.75) is 38.4 Å². The van der Waals surface area contributed by atoms with Crippen molar-refractivity contribution in [1.29, 1.82) is 0 Å². The van der Waals surface area contributed by atoms with Crippen LogP contribution < -0.4 is 10.2 Å². The number of benzene rings is 1. The normalized spacial score (nSPS) is 22.4. The SMILES string of the molecule is C[C@@H]1CCCC[NH+]1CC(=O)Nc1cc(C(F)(F)F)ccc1Cl. The van der Waals surface area contributed by atoms with Crippen LogP contribution in [-0.2, 0) is 11.0 Å². The molecule has 1 unspecified atom stereocenters. The van der Waals surface area contributed by atoms with E-state index < -0.39 is 11.7 Å². The zero-order valence-corrected chi connectivity index (χ0v) is 13.0. The van der Waals surface area contributed by atoms with Crippen LogP contribution in [0.15, 0.2) is 18.2 Å². The monoisotopic (exact) mass is 335 g/mol. The van der Waals surface area contributed by atoms with Crippen LogP contribution in [0, 0.1) is 0 Å². The van der Waals surface area contributed by atoms with Gasteiger partial charge in [0.25, 0.3) is 5.91 Å². The summed E-state index contributed by atoms with van der Waals surface area (Å²) in [5.41, 5.74) is -0.823. The van der Waals surface area contributed by atoms with E-state index in [2.05, 4.69) is 12.2 Å². The van der Waals surface area contributed by atoms with Crippen molar-refractivity contribution in [1.82, 2.24) is 0 Å². The van der Waals surface area contributed by atoms with Gasteiger partial charge in [0.2, 0.25) is 0 Å². The number of piperidine rings is 1. The van der Waals surface area contributed by atoms with Crippen LogP contribution in [0.2, 0.25) is 5.02 Å². The summed E-state index contributed by atoms with van der Waals surface area (Å²) in [6, 6.07) is 3.30. The minimum atomic E-state index is -4.46. The van der Waals surface area contributed by atoms with E-state index in [1.807, 2.05) is 0 Å². The Balaban J connectivity index is 2.04. The van der Waals surface area contributed by atoms with E-state index in [9.17, 15) is 18.0 Å². The van der Waals surface area contributed by atoms with Gasteiger partial charge in [0.1, 0.15) is 0 Å². The zero-order chi connectivity index (χ0) is 16.3. The molecule has 1 fully saturated rings. The summed E-state index contributed by atoms with van der Waals surface area (Å²) in [6.45, 7) is 3.23. The molecule has 1 aliphatic rings. The number of alkyl halides is 3. The molecule has 2 N–H and O–H groups in total. The number of likely N-dealkylation sites (tertiary alicyclic amines) is 1. The summed E-state index contributed by atoms with van der Waals surface area (Å²) in [5, 5.41) is 2.60. The van der Waals surface area contributed by atoms with Gasteiger partial charge in [-0.05, 0) is 44.4 Å². The predicted octanol–water partition coefficient (Wildman–Crippen LogP) is 2.75. The minimum Gasteiger partial charge on any atom is -0.325 e. The van der Waals surface area contributed by atoms with Crippen molar-refractivity contribution in [3.8, 4) is 0 Å². The molecule has 0 aromatic heterocycles. The molecular weight excluding hydrogens is 317 g/mol. The molecule has 0 spiro atoms. The highest BCUT2D eigenvalue weighted by Crippen LogP contribution is 2.33. The van der Waals surface area contributed by atoms with Gasteiger partial charge in [0, 0.05) is 0 Å². The molecule has 22 heavy (non-hydrogen) atoms. The molecule has 122 valence electrons. The first-order valence-electron chi connectivity index (χ1n) is 7.28. The summed E-state index contributed by atoms with van der Waals surface area (Å²) < 4.78 is 38.1. The van der Waals surface area contributed by atoms with Gasteiger partial charge in [-0.25, -0.2) is 0 Å². The van der Waals surface area contributed by atoms with Gasteiger partial charge in [-0.15, -0.1) is 0 Å². The van der Waals surface area contributed by atoms with Crippen molar-refractivity contribution in [2.75, 3.05) is 18.4 Å². The Morgan fingerprint density at radius 1 is 1.41 bits per heavy atom. The number of nitrogens with one attached hydrogen (secondary N) is 2. The van der Waals surface area contributed by atoms with Crippen LogP contribution in [0.1, 0.15) is 31.7 Å². The Labute approximate surface area is 132 Å². The second-order valence-electron chi connectivity index (χ2n) is 5.72. The summed E-state index contributed by atoms with van der Waals surface area (Å²) in [5.74, 6) is -0.315. The second-order valence-corrected chi connectivity index (χ2v) is 6.13. The third kappa shape index (κ3) is 4.36. The lowest BCUT2D eigenvalue weighted by Gasteiger charge is -2.29.